The molecule has 65 heavy (non-hydrogen) atoms. The molecule has 18 atom stereocenters. The number of amides is 1. The number of carbonyl (C=O) groups is 2. The summed E-state index contributed by atoms with van der Waals surface area (Å²) >= 11 is 0. The summed E-state index contributed by atoms with van der Waals surface area (Å²) in [5.41, 5.74) is -3.97. The van der Waals surface area contributed by atoms with Crippen LogP contribution in [-0.2, 0) is 33.2 Å². The lowest BCUT2D eigenvalue weighted by Gasteiger charge is -2.49. The molecule has 4 rings (SSSR count). The number of aliphatic hydroxyl groups is 4. The van der Waals surface area contributed by atoms with E-state index in [2.05, 4.69) is 15.2 Å². The van der Waals surface area contributed by atoms with Crippen molar-refractivity contribution < 1.29 is 62.9 Å². The van der Waals surface area contributed by atoms with Gasteiger partial charge in [0.05, 0.1) is 41.5 Å². The first kappa shape index (κ1) is 55.3. The van der Waals surface area contributed by atoms with Crippen LogP contribution in [0.5, 0.6) is 0 Å². The number of aliphatic hydroxyl groups excluding tert-OH is 2. The van der Waals surface area contributed by atoms with Gasteiger partial charge in [0.1, 0.15) is 35.8 Å². The van der Waals surface area contributed by atoms with Crippen LogP contribution in [-0.4, -0.2) is 179 Å². The standard InChI is InChI=1S/C48H86N4O13/c1-17-37-48(12,58)40(53)30(6)52(15)25-26(2)23-46(10,57)42(28(4)35(29(5)44(56)64-37)22-34-24-47(11,59-16)41(54)32(8)63-34)65-45-39(36(51(13)14)21-27(3)61-45)60-20-18-19-49-43(55)38-31(7)62-33(9)50-38/h26-30,32,34-37,39-42,45,53-54,57-58H,17-25H2,1-16H3,(H,49,55). The molecule has 3 aliphatic rings. The number of carbonyl (C=O) groups excluding carboxylic acids is 2. The van der Waals surface area contributed by atoms with Gasteiger partial charge in [-0.05, 0) is 119 Å². The number of nitrogens with zero attached hydrogens (tertiary/aromatic N) is 3. The summed E-state index contributed by atoms with van der Waals surface area (Å²) < 4.78 is 44.5. The second kappa shape index (κ2) is 22.9. The number of likely N-dealkylation sites (N-methyl/N-ethyl adjacent to an activating group) is 2. The molecule has 1 amide bonds. The lowest BCUT2D eigenvalue weighted by atomic mass is 9.70. The molecule has 18 unspecified atom stereocenters. The molecule has 17 nitrogen and oxygen atoms in total. The quantitative estimate of drug-likeness (QED) is 0.140. The van der Waals surface area contributed by atoms with Gasteiger partial charge in [-0.15, -0.1) is 0 Å². The topological polar surface area (TPSA) is 215 Å². The van der Waals surface area contributed by atoms with Crippen molar-refractivity contribution in [1.29, 1.82) is 0 Å². The molecule has 3 fully saturated rings. The van der Waals surface area contributed by atoms with Gasteiger partial charge in [0.2, 0.25) is 0 Å². The Morgan fingerprint density at radius 1 is 1.02 bits per heavy atom. The van der Waals surface area contributed by atoms with Crippen LogP contribution in [0.25, 0.3) is 0 Å². The number of cyclic esters (lactones) is 1. The van der Waals surface area contributed by atoms with Crippen LogP contribution >= 0.6 is 0 Å². The smallest absolute Gasteiger partial charge is 0.309 e. The van der Waals surface area contributed by atoms with Crippen LogP contribution in [0.3, 0.4) is 0 Å². The molecule has 0 aromatic carbocycles. The molecule has 17 heteroatoms. The maximum atomic E-state index is 14.6. The van der Waals surface area contributed by atoms with Crippen LogP contribution in [0.2, 0.25) is 0 Å². The zero-order chi connectivity index (χ0) is 48.9. The predicted molar refractivity (Wildman–Crippen MR) is 244 cm³/mol. The second-order valence-corrected chi connectivity index (χ2v) is 20.7. The minimum absolute atomic E-state index is 0.131. The number of rotatable bonds is 13. The Morgan fingerprint density at radius 2 is 1.68 bits per heavy atom. The minimum atomic E-state index is -1.79. The van der Waals surface area contributed by atoms with Crippen molar-refractivity contribution in [3.8, 4) is 0 Å². The Kier molecular flexibility index (Phi) is 19.5. The molecule has 0 spiro atoms. The van der Waals surface area contributed by atoms with Crippen molar-refractivity contribution >= 4 is 11.9 Å². The lowest BCUT2D eigenvalue weighted by Crippen LogP contribution is -2.60. The van der Waals surface area contributed by atoms with Gasteiger partial charge >= 0.3 is 5.97 Å². The van der Waals surface area contributed by atoms with Gasteiger partial charge < -0.3 is 68.4 Å². The third-order valence-electron chi connectivity index (χ3n) is 14.9. The van der Waals surface area contributed by atoms with E-state index in [4.69, 9.17) is 32.8 Å². The van der Waals surface area contributed by atoms with Crippen LogP contribution in [0.4, 0.5) is 0 Å². The first-order chi connectivity index (χ1) is 30.2. The molecule has 0 saturated carbocycles. The fourth-order valence-corrected chi connectivity index (χ4v) is 10.9. The molecule has 5 N–H and O–H groups in total. The fourth-order valence-electron chi connectivity index (χ4n) is 10.9. The molecule has 3 aliphatic heterocycles. The molecule has 0 bridgehead atoms. The van der Waals surface area contributed by atoms with E-state index in [1.54, 1.807) is 41.7 Å². The number of esters is 1. The van der Waals surface area contributed by atoms with Gasteiger partial charge in [0.25, 0.3) is 5.91 Å². The Hall–Kier alpha value is -2.29. The van der Waals surface area contributed by atoms with E-state index in [0.29, 0.717) is 50.4 Å². The number of aromatic nitrogens is 1. The van der Waals surface area contributed by atoms with Crippen molar-refractivity contribution in [3.63, 3.8) is 0 Å². The summed E-state index contributed by atoms with van der Waals surface area (Å²) in [4.78, 5) is 35.7. The highest BCUT2D eigenvalue weighted by atomic mass is 16.7. The number of oxazole rings is 1. The van der Waals surface area contributed by atoms with Crippen molar-refractivity contribution in [2.45, 2.75) is 206 Å². The number of hydrogen-bond acceptors (Lipinski definition) is 16. The molecule has 0 aliphatic carbocycles. The normalized spacial score (nSPS) is 42.0. The summed E-state index contributed by atoms with van der Waals surface area (Å²) in [7, 11) is 7.40. The van der Waals surface area contributed by atoms with Crippen molar-refractivity contribution in [2.24, 2.45) is 23.7 Å². The maximum Gasteiger partial charge on any atom is 0.309 e. The van der Waals surface area contributed by atoms with E-state index in [1.807, 2.05) is 67.6 Å². The average Bonchev–Trinajstić information content (AvgIpc) is 3.58. The molecule has 1 aromatic rings. The largest absolute Gasteiger partial charge is 0.459 e. The molecular weight excluding hydrogens is 841 g/mol. The van der Waals surface area contributed by atoms with Crippen LogP contribution < -0.4 is 5.32 Å². The summed E-state index contributed by atoms with van der Waals surface area (Å²) in [5.74, 6) is -2.07. The predicted octanol–water partition coefficient (Wildman–Crippen LogP) is 4.01. The van der Waals surface area contributed by atoms with Gasteiger partial charge in [-0.2, -0.15) is 0 Å². The van der Waals surface area contributed by atoms with Crippen molar-refractivity contribution in [2.75, 3.05) is 47.9 Å². The number of methoxy groups -OCH3 is 1. The molecule has 0 radical (unpaired) electrons. The number of aryl methyl sites for hydroxylation is 2. The van der Waals surface area contributed by atoms with Crippen molar-refractivity contribution in [1.82, 2.24) is 20.1 Å². The first-order valence-corrected chi connectivity index (χ1v) is 23.9. The summed E-state index contributed by atoms with van der Waals surface area (Å²) in [6, 6.07) is -0.676. The average molecular weight is 927 g/mol. The first-order valence-electron chi connectivity index (χ1n) is 23.9. The SMILES string of the molecule is CCC1OC(=O)C(C)C(CC2CC(C)(OC)C(O)C(C)O2)C(C)C(OC2OC(C)CC(N(C)C)C2OCCCNC(=O)c2nc(C)oc2C)C(C)(O)CC(C)CN(C)C(C)C(O)C1(C)O. The van der Waals surface area contributed by atoms with E-state index < -0.39 is 95.6 Å². The number of ether oxygens (including phenoxy) is 6. The van der Waals surface area contributed by atoms with Gasteiger partial charge in [0.15, 0.2) is 17.9 Å². The Bertz CT molecular complexity index is 1680. The zero-order valence-corrected chi connectivity index (χ0v) is 42.3. The molecule has 1 aromatic heterocycles. The fraction of sp³-hybridized carbons (Fsp3) is 0.896. The Balaban J connectivity index is 1.76. The molecule has 3 saturated heterocycles. The number of hydrogen-bond donors (Lipinski definition) is 5. The minimum Gasteiger partial charge on any atom is -0.459 e. The Morgan fingerprint density at radius 3 is 2.26 bits per heavy atom. The van der Waals surface area contributed by atoms with Gasteiger partial charge in [-0.25, -0.2) is 4.98 Å². The van der Waals surface area contributed by atoms with E-state index in [0.717, 1.165) is 0 Å². The monoisotopic (exact) mass is 927 g/mol. The van der Waals surface area contributed by atoms with Gasteiger partial charge in [0, 0.05) is 52.2 Å². The third-order valence-corrected chi connectivity index (χ3v) is 14.9. The van der Waals surface area contributed by atoms with Crippen molar-refractivity contribution in [3.05, 3.63) is 17.3 Å². The van der Waals surface area contributed by atoms with E-state index in [9.17, 15) is 30.0 Å². The van der Waals surface area contributed by atoms with Crippen LogP contribution in [0.15, 0.2) is 4.42 Å². The molecule has 376 valence electrons. The summed E-state index contributed by atoms with van der Waals surface area (Å²) in [6.07, 6.45) is -4.65. The second-order valence-electron chi connectivity index (χ2n) is 20.7. The van der Waals surface area contributed by atoms with Gasteiger partial charge in [-0.3, -0.25) is 9.59 Å². The highest BCUT2D eigenvalue weighted by molar-refractivity contribution is 5.93. The van der Waals surface area contributed by atoms with E-state index in [-0.39, 0.29) is 49.1 Å². The Labute approximate surface area is 388 Å². The summed E-state index contributed by atoms with van der Waals surface area (Å²) in [6.45, 7) is 22.8. The zero-order valence-electron chi connectivity index (χ0n) is 42.3. The van der Waals surface area contributed by atoms with E-state index >= 15 is 0 Å². The van der Waals surface area contributed by atoms with E-state index in [1.165, 1.54) is 6.92 Å². The summed E-state index contributed by atoms with van der Waals surface area (Å²) in [5, 5.41) is 50.6. The molecule has 4 heterocycles. The lowest BCUT2D eigenvalue weighted by molar-refractivity contribution is -0.305. The third kappa shape index (κ3) is 13.3. The highest BCUT2D eigenvalue weighted by Gasteiger charge is 2.52. The highest BCUT2D eigenvalue weighted by Crippen LogP contribution is 2.43. The van der Waals surface area contributed by atoms with Crippen LogP contribution in [0.1, 0.15) is 130 Å². The van der Waals surface area contributed by atoms with Gasteiger partial charge in [-0.1, -0.05) is 27.7 Å². The number of nitrogens with one attached hydrogen (secondary N) is 1. The van der Waals surface area contributed by atoms with Crippen LogP contribution in [0, 0.1) is 37.5 Å². The maximum absolute atomic E-state index is 14.6. The molecular formula is C48H86N4O13.